The largest absolute Gasteiger partial charge is 0.395 e. The van der Waals surface area contributed by atoms with E-state index in [0.717, 1.165) is 11.5 Å². The van der Waals surface area contributed by atoms with Gasteiger partial charge < -0.3 is 16.4 Å². The van der Waals surface area contributed by atoms with E-state index in [-0.39, 0.29) is 22.8 Å². The molecule has 2 amide bonds. The Hall–Kier alpha value is -2.48. The van der Waals surface area contributed by atoms with Gasteiger partial charge in [-0.2, -0.15) is 4.37 Å². The maximum atomic E-state index is 13.5. The fourth-order valence-corrected chi connectivity index (χ4v) is 2.48. The lowest BCUT2D eigenvalue weighted by molar-refractivity contribution is 0.0950. The summed E-state index contributed by atoms with van der Waals surface area (Å²) in [6, 6.07) is 6.14. The molecule has 6 nitrogen and oxygen atoms in total. The molecule has 0 aliphatic rings. The number of carbonyl (C=O) groups is 2. The normalized spacial score (nSPS) is 10.3. The van der Waals surface area contributed by atoms with Gasteiger partial charge in [-0.25, -0.2) is 4.39 Å². The van der Waals surface area contributed by atoms with Crippen LogP contribution >= 0.6 is 11.5 Å². The molecule has 2 rings (SSSR count). The summed E-state index contributed by atoms with van der Waals surface area (Å²) in [6.45, 7) is 2.23. The lowest BCUT2D eigenvalue weighted by Gasteiger charge is -2.05. The molecule has 1 aromatic heterocycles. The number of hydrogen-bond donors (Lipinski definition) is 3. The number of benzene rings is 1. The van der Waals surface area contributed by atoms with E-state index >= 15 is 0 Å². The van der Waals surface area contributed by atoms with Gasteiger partial charge in [-0.05, 0) is 24.5 Å². The average molecular weight is 322 g/mol. The number of halogens is 1. The predicted octanol–water partition coefficient (Wildman–Crippen LogP) is 1.54. The van der Waals surface area contributed by atoms with Gasteiger partial charge >= 0.3 is 0 Å². The lowest BCUT2D eigenvalue weighted by Crippen LogP contribution is -2.25. The molecule has 1 heterocycles. The van der Waals surface area contributed by atoms with Crippen molar-refractivity contribution < 1.29 is 14.0 Å². The van der Waals surface area contributed by atoms with Crippen LogP contribution in [0.25, 0.3) is 0 Å². The summed E-state index contributed by atoms with van der Waals surface area (Å²) in [4.78, 5) is 23.9. The maximum Gasteiger partial charge on any atom is 0.273 e. The number of amides is 2. The van der Waals surface area contributed by atoms with Crippen molar-refractivity contribution in [2.45, 2.75) is 13.5 Å². The number of carbonyl (C=O) groups excluding carboxylic acids is 2. The molecule has 0 saturated carbocycles. The second kappa shape index (κ2) is 6.99. The van der Waals surface area contributed by atoms with Crippen LogP contribution in [0.15, 0.2) is 24.3 Å². The van der Waals surface area contributed by atoms with Crippen molar-refractivity contribution >= 4 is 29.0 Å². The lowest BCUT2D eigenvalue weighted by atomic mass is 10.2. The Balaban J connectivity index is 2.07. The fraction of sp³-hybridized carbons (Fsp3) is 0.214. The fourth-order valence-electron chi connectivity index (χ4n) is 1.77. The number of nitrogens with one attached hydrogen (secondary N) is 2. The number of nitrogen functional groups attached to an aromatic ring is 1. The van der Waals surface area contributed by atoms with Gasteiger partial charge in [0.15, 0.2) is 5.69 Å². The number of anilines is 1. The first kappa shape index (κ1) is 15.9. The Bertz CT molecular complexity index is 702. The molecule has 116 valence electrons. The minimum absolute atomic E-state index is 0.0271. The van der Waals surface area contributed by atoms with E-state index in [1.54, 1.807) is 25.1 Å². The quantitative estimate of drug-likeness (QED) is 0.778. The van der Waals surface area contributed by atoms with Crippen molar-refractivity contribution in [3.63, 3.8) is 0 Å². The molecule has 22 heavy (non-hydrogen) atoms. The zero-order valence-corrected chi connectivity index (χ0v) is 12.7. The summed E-state index contributed by atoms with van der Waals surface area (Å²) < 4.78 is 17.4. The molecule has 0 aliphatic carbocycles. The van der Waals surface area contributed by atoms with Gasteiger partial charge in [0.2, 0.25) is 0 Å². The van der Waals surface area contributed by atoms with Crippen LogP contribution in [0.1, 0.15) is 32.6 Å². The van der Waals surface area contributed by atoms with Crippen LogP contribution in [0.2, 0.25) is 0 Å². The first-order chi connectivity index (χ1) is 10.5. The molecule has 2 aromatic rings. The van der Waals surface area contributed by atoms with Crippen LogP contribution in [0.5, 0.6) is 0 Å². The highest BCUT2D eigenvalue weighted by molar-refractivity contribution is 7.09. The molecular weight excluding hydrogens is 307 g/mol. The topological polar surface area (TPSA) is 97.1 Å². The summed E-state index contributed by atoms with van der Waals surface area (Å²) >= 11 is 0.836. The van der Waals surface area contributed by atoms with Crippen LogP contribution in [0, 0.1) is 5.82 Å². The first-order valence-corrected chi connectivity index (χ1v) is 7.36. The highest BCUT2D eigenvalue weighted by Crippen LogP contribution is 2.21. The smallest absolute Gasteiger partial charge is 0.273 e. The molecule has 0 bridgehead atoms. The molecule has 0 fully saturated rings. The van der Waals surface area contributed by atoms with E-state index in [9.17, 15) is 14.0 Å². The number of nitrogens with zero attached hydrogens (tertiary/aromatic N) is 1. The molecule has 0 atom stereocenters. The number of rotatable bonds is 5. The molecule has 0 aliphatic heterocycles. The minimum Gasteiger partial charge on any atom is -0.395 e. The molecular formula is C14H15FN4O2S. The highest BCUT2D eigenvalue weighted by Gasteiger charge is 2.21. The first-order valence-electron chi connectivity index (χ1n) is 6.59. The van der Waals surface area contributed by atoms with E-state index in [2.05, 4.69) is 15.0 Å². The van der Waals surface area contributed by atoms with Gasteiger partial charge in [0.1, 0.15) is 10.7 Å². The third-order valence-corrected chi connectivity index (χ3v) is 3.75. The SMILES string of the molecule is CCNC(=O)c1nsc(C(=O)NCc2ccccc2F)c1N. The monoisotopic (exact) mass is 322 g/mol. The van der Waals surface area contributed by atoms with E-state index in [0.29, 0.717) is 12.1 Å². The Morgan fingerprint density at radius 3 is 2.68 bits per heavy atom. The van der Waals surface area contributed by atoms with Gasteiger partial charge in [-0.1, -0.05) is 18.2 Å². The Morgan fingerprint density at radius 2 is 2.00 bits per heavy atom. The molecule has 0 spiro atoms. The van der Waals surface area contributed by atoms with Crippen molar-refractivity contribution in [2.24, 2.45) is 0 Å². The minimum atomic E-state index is -0.492. The van der Waals surface area contributed by atoms with Gasteiger partial charge in [0.25, 0.3) is 11.8 Å². The number of hydrogen-bond acceptors (Lipinski definition) is 5. The van der Waals surface area contributed by atoms with Crippen molar-refractivity contribution in [1.82, 2.24) is 15.0 Å². The molecule has 0 saturated heterocycles. The Morgan fingerprint density at radius 1 is 1.27 bits per heavy atom. The molecule has 4 N–H and O–H groups in total. The third kappa shape index (κ3) is 3.40. The van der Waals surface area contributed by atoms with E-state index in [4.69, 9.17) is 5.73 Å². The van der Waals surface area contributed by atoms with Crippen LogP contribution in [-0.2, 0) is 6.54 Å². The van der Waals surface area contributed by atoms with Gasteiger partial charge in [-0.15, -0.1) is 0 Å². The van der Waals surface area contributed by atoms with Crippen LogP contribution in [0.4, 0.5) is 10.1 Å². The summed E-state index contributed by atoms with van der Waals surface area (Å²) in [5.74, 6) is -1.32. The summed E-state index contributed by atoms with van der Waals surface area (Å²) in [5.41, 5.74) is 6.21. The number of nitrogens with two attached hydrogens (primary N) is 1. The Labute approximate surface area is 130 Å². The highest BCUT2D eigenvalue weighted by atomic mass is 32.1. The third-order valence-electron chi connectivity index (χ3n) is 2.88. The van der Waals surface area contributed by atoms with Gasteiger partial charge in [0.05, 0.1) is 5.69 Å². The molecule has 0 radical (unpaired) electrons. The molecule has 1 aromatic carbocycles. The van der Waals surface area contributed by atoms with Crippen LogP contribution in [0.3, 0.4) is 0 Å². The van der Waals surface area contributed by atoms with Gasteiger partial charge in [-0.3, -0.25) is 9.59 Å². The summed E-state index contributed by atoms with van der Waals surface area (Å²) in [7, 11) is 0. The van der Waals surface area contributed by atoms with Crippen molar-refractivity contribution in [3.8, 4) is 0 Å². The van der Waals surface area contributed by atoms with Crippen molar-refractivity contribution in [2.75, 3.05) is 12.3 Å². The summed E-state index contributed by atoms with van der Waals surface area (Å²) in [5, 5.41) is 5.13. The van der Waals surface area contributed by atoms with Gasteiger partial charge in [0, 0.05) is 18.7 Å². The van der Waals surface area contributed by atoms with E-state index < -0.39 is 17.6 Å². The van der Waals surface area contributed by atoms with Crippen molar-refractivity contribution in [1.29, 1.82) is 0 Å². The number of aromatic nitrogens is 1. The standard InChI is InChI=1S/C14H15FN4O2S/c1-2-17-13(20)11-10(16)12(22-19-11)14(21)18-7-8-5-3-4-6-9(8)15/h3-6H,2,7,16H2,1H3,(H,17,20)(H,18,21). The predicted molar refractivity (Wildman–Crippen MR) is 82.1 cm³/mol. The van der Waals surface area contributed by atoms with Crippen LogP contribution < -0.4 is 16.4 Å². The van der Waals surface area contributed by atoms with Crippen molar-refractivity contribution in [3.05, 3.63) is 46.2 Å². The second-order valence-corrected chi connectivity index (χ2v) is 5.18. The second-order valence-electron chi connectivity index (χ2n) is 4.41. The zero-order valence-electron chi connectivity index (χ0n) is 11.9. The molecule has 8 heteroatoms. The Kier molecular flexibility index (Phi) is 5.05. The van der Waals surface area contributed by atoms with E-state index in [1.165, 1.54) is 6.07 Å². The average Bonchev–Trinajstić information content (AvgIpc) is 2.88. The van der Waals surface area contributed by atoms with Crippen LogP contribution in [-0.4, -0.2) is 22.7 Å². The maximum absolute atomic E-state index is 13.5. The van der Waals surface area contributed by atoms with E-state index in [1.807, 2.05) is 0 Å². The summed E-state index contributed by atoms with van der Waals surface area (Å²) in [6.07, 6.45) is 0. The zero-order chi connectivity index (χ0) is 16.1. The molecule has 0 unspecified atom stereocenters.